The van der Waals surface area contributed by atoms with Crippen molar-refractivity contribution >= 4 is 19.7 Å². The molecule has 3 nitrogen and oxygen atoms in total. The van der Waals surface area contributed by atoms with E-state index in [1.165, 1.54) is 17.8 Å². The normalized spacial score (nSPS) is 16.5. The predicted octanol–water partition coefficient (Wildman–Crippen LogP) is 4.19. The Kier molecular flexibility index (Phi) is 4.42. The quantitative estimate of drug-likeness (QED) is 0.787. The highest BCUT2D eigenvalue weighted by Crippen LogP contribution is 2.52. The summed E-state index contributed by atoms with van der Waals surface area (Å²) in [5, 5.41) is 0. The molecule has 21 heavy (non-hydrogen) atoms. The molecule has 2 aromatic rings. The van der Waals surface area contributed by atoms with Gasteiger partial charge in [-0.2, -0.15) is 0 Å². The molecule has 1 fully saturated rings. The molecule has 3 rings (SSSR count). The van der Waals surface area contributed by atoms with E-state index in [2.05, 4.69) is 88.8 Å². The Labute approximate surface area is 128 Å². The number of hydrogen-bond donors (Lipinski definition) is 0. The van der Waals surface area contributed by atoms with Crippen molar-refractivity contribution in [1.82, 2.24) is 4.67 Å². The number of benzene rings is 2. The molecular weight excluding hydrogens is 277 g/mol. The smallest absolute Gasteiger partial charge is 0.178 e. The molecule has 0 spiro atoms. The predicted molar refractivity (Wildman–Crippen MR) is 92.8 cm³/mol. The summed E-state index contributed by atoms with van der Waals surface area (Å²) < 4.78 is 7.45. The molecular formula is C17H22N3P. The Hall–Kier alpha value is -1.57. The van der Waals surface area contributed by atoms with Crippen LogP contribution in [0.3, 0.4) is 0 Å². The van der Waals surface area contributed by atoms with E-state index in [4.69, 9.17) is 0 Å². The van der Waals surface area contributed by atoms with Gasteiger partial charge in [0, 0.05) is 24.5 Å². The van der Waals surface area contributed by atoms with Crippen molar-refractivity contribution in [2.24, 2.45) is 0 Å². The molecule has 0 aromatic heterocycles. The lowest BCUT2D eigenvalue weighted by molar-refractivity contribution is 0.641. The van der Waals surface area contributed by atoms with Crippen LogP contribution in [0.25, 0.3) is 0 Å². The van der Waals surface area contributed by atoms with Crippen LogP contribution in [0.4, 0.5) is 11.4 Å². The Morgan fingerprint density at radius 2 is 1.19 bits per heavy atom. The van der Waals surface area contributed by atoms with Gasteiger partial charge in [0.05, 0.1) is 0 Å². The maximum atomic E-state index is 2.55. The van der Waals surface area contributed by atoms with Gasteiger partial charge in [0.25, 0.3) is 0 Å². The minimum absolute atomic E-state index is 0.510. The van der Waals surface area contributed by atoms with Crippen molar-refractivity contribution in [2.45, 2.75) is 6.42 Å². The van der Waals surface area contributed by atoms with Crippen molar-refractivity contribution < 1.29 is 0 Å². The zero-order valence-corrected chi connectivity index (χ0v) is 13.6. The second-order valence-electron chi connectivity index (χ2n) is 5.39. The van der Waals surface area contributed by atoms with Crippen LogP contribution in [0.15, 0.2) is 60.7 Å². The Bertz CT molecular complexity index is 511. The van der Waals surface area contributed by atoms with Gasteiger partial charge in [0.1, 0.15) is 0 Å². The van der Waals surface area contributed by atoms with Crippen LogP contribution in [0.2, 0.25) is 0 Å². The van der Waals surface area contributed by atoms with Crippen LogP contribution in [0.5, 0.6) is 0 Å². The van der Waals surface area contributed by atoms with E-state index in [-0.39, 0.29) is 0 Å². The molecule has 0 atom stereocenters. The van der Waals surface area contributed by atoms with Crippen LogP contribution < -0.4 is 9.34 Å². The summed E-state index contributed by atoms with van der Waals surface area (Å²) in [5.74, 6) is 0. The van der Waals surface area contributed by atoms with Gasteiger partial charge in [-0.15, -0.1) is 0 Å². The van der Waals surface area contributed by atoms with Crippen molar-refractivity contribution in [3.8, 4) is 0 Å². The molecule has 2 aromatic carbocycles. The molecule has 1 aliphatic rings. The maximum absolute atomic E-state index is 2.55. The minimum Gasteiger partial charge on any atom is -0.321 e. The van der Waals surface area contributed by atoms with Gasteiger partial charge < -0.3 is 9.34 Å². The zero-order chi connectivity index (χ0) is 14.7. The van der Waals surface area contributed by atoms with E-state index < -0.39 is 8.37 Å². The topological polar surface area (TPSA) is 9.72 Å². The summed E-state index contributed by atoms with van der Waals surface area (Å²) in [4.78, 5) is 0. The lowest BCUT2D eigenvalue weighted by Crippen LogP contribution is -2.41. The number of para-hydroxylation sites is 2. The summed E-state index contributed by atoms with van der Waals surface area (Å²) in [5.41, 5.74) is 2.64. The molecule has 0 saturated carbocycles. The summed E-state index contributed by atoms with van der Waals surface area (Å²) in [6, 6.07) is 21.5. The number of nitrogens with zero attached hydrogens (tertiary/aromatic N) is 3. The van der Waals surface area contributed by atoms with Crippen molar-refractivity contribution in [2.75, 3.05) is 36.5 Å². The van der Waals surface area contributed by atoms with E-state index >= 15 is 0 Å². The van der Waals surface area contributed by atoms with Gasteiger partial charge in [0.15, 0.2) is 8.37 Å². The molecule has 110 valence electrons. The van der Waals surface area contributed by atoms with E-state index in [0.717, 1.165) is 13.1 Å². The average Bonchev–Trinajstić information content (AvgIpc) is 2.55. The lowest BCUT2D eigenvalue weighted by atomic mass is 10.3. The number of hydrogen-bond acceptors (Lipinski definition) is 3. The Morgan fingerprint density at radius 1 is 0.762 bits per heavy atom. The third kappa shape index (κ3) is 3.04. The monoisotopic (exact) mass is 299 g/mol. The Morgan fingerprint density at radius 3 is 1.57 bits per heavy atom. The molecule has 0 amide bonds. The summed E-state index contributed by atoms with van der Waals surface area (Å²) in [6.07, 6.45) is 1.19. The first-order valence-electron chi connectivity index (χ1n) is 7.40. The highest BCUT2D eigenvalue weighted by Gasteiger charge is 2.32. The summed E-state index contributed by atoms with van der Waals surface area (Å²) in [6.45, 7) is 2.24. The van der Waals surface area contributed by atoms with Crippen molar-refractivity contribution in [3.63, 3.8) is 0 Å². The first-order chi connectivity index (χ1) is 10.3. The molecule has 0 N–H and O–H groups in total. The van der Waals surface area contributed by atoms with Gasteiger partial charge in [-0.3, -0.25) is 4.67 Å². The van der Waals surface area contributed by atoms with Crippen LogP contribution in [-0.2, 0) is 0 Å². The van der Waals surface area contributed by atoms with Crippen LogP contribution in [-0.4, -0.2) is 31.9 Å². The van der Waals surface area contributed by atoms with Crippen LogP contribution >= 0.6 is 8.37 Å². The Balaban J connectivity index is 1.95. The molecule has 0 radical (unpaired) electrons. The standard InChI is InChI=1S/C17H22N3P/c1-18(2)21-19(16-10-5-3-6-11-16)14-9-15-20(21)17-12-7-4-8-13-17/h3-8,10-13H,9,14-15H2,1-2H3. The average molecular weight is 299 g/mol. The van der Waals surface area contributed by atoms with E-state index in [9.17, 15) is 0 Å². The largest absolute Gasteiger partial charge is 0.321 e. The molecule has 1 aliphatic heterocycles. The highest BCUT2D eigenvalue weighted by atomic mass is 31.2. The van der Waals surface area contributed by atoms with Gasteiger partial charge in [-0.05, 0) is 44.8 Å². The van der Waals surface area contributed by atoms with Crippen LogP contribution in [0, 0.1) is 0 Å². The first-order valence-corrected chi connectivity index (χ1v) is 8.60. The minimum atomic E-state index is -0.510. The highest BCUT2D eigenvalue weighted by molar-refractivity contribution is 7.58. The lowest BCUT2D eigenvalue weighted by Gasteiger charge is -2.47. The summed E-state index contributed by atoms with van der Waals surface area (Å²) in [7, 11) is 3.86. The maximum Gasteiger partial charge on any atom is 0.178 e. The number of rotatable bonds is 3. The van der Waals surface area contributed by atoms with Crippen molar-refractivity contribution in [3.05, 3.63) is 60.7 Å². The van der Waals surface area contributed by atoms with E-state index in [1.807, 2.05) is 0 Å². The second-order valence-corrected chi connectivity index (χ2v) is 7.69. The van der Waals surface area contributed by atoms with Gasteiger partial charge in [0.2, 0.25) is 0 Å². The molecule has 0 bridgehead atoms. The van der Waals surface area contributed by atoms with E-state index in [0.29, 0.717) is 0 Å². The molecule has 1 heterocycles. The van der Waals surface area contributed by atoms with Gasteiger partial charge in [-0.25, -0.2) is 0 Å². The van der Waals surface area contributed by atoms with Crippen molar-refractivity contribution in [1.29, 1.82) is 0 Å². The molecule has 4 heteroatoms. The first kappa shape index (κ1) is 14.4. The van der Waals surface area contributed by atoms with E-state index in [1.54, 1.807) is 0 Å². The molecule has 0 aliphatic carbocycles. The SMILES string of the molecule is CN(C)P1N(c2ccccc2)CCCN1c1ccccc1. The third-order valence-electron chi connectivity index (χ3n) is 3.64. The molecule has 0 unspecified atom stereocenters. The second kappa shape index (κ2) is 6.46. The molecule has 1 saturated heterocycles. The van der Waals surface area contributed by atoms with Gasteiger partial charge >= 0.3 is 0 Å². The fraction of sp³-hybridized carbons (Fsp3) is 0.294. The zero-order valence-electron chi connectivity index (χ0n) is 12.7. The number of anilines is 2. The summed E-state index contributed by atoms with van der Waals surface area (Å²) >= 11 is 0. The fourth-order valence-corrected chi connectivity index (χ4v) is 5.22. The fourth-order valence-electron chi connectivity index (χ4n) is 2.78. The van der Waals surface area contributed by atoms with Gasteiger partial charge in [-0.1, -0.05) is 36.4 Å². The third-order valence-corrected chi connectivity index (χ3v) is 6.08. The van der Waals surface area contributed by atoms with Crippen LogP contribution in [0.1, 0.15) is 6.42 Å².